The minimum Gasteiger partial charge on any atom is -0.497 e. The summed E-state index contributed by atoms with van der Waals surface area (Å²) in [5.41, 5.74) is -0.0405. The van der Waals surface area contributed by atoms with Gasteiger partial charge in [0.25, 0.3) is 5.91 Å². The summed E-state index contributed by atoms with van der Waals surface area (Å²) in [6.45, 7) is 3.92. The van der Waals surface area contributed by atoms with Gasteiger partial charge in [0.1, 0.15) is 11.4 Å². The second-order valence-electron chi connectivity index (χ2n) is 4.72. The number of hydrogen-bond donors (Lipinski definition) is 1. The second kappa shape index (κ2) is 7.14. The highest BCUT2D eigenvalue weighted by Gasteiger charge is 2.32. The van der Waals surface area contributed by atoms with Crippen molar-refractivity contribution in [3.05, 3.63) is 24.3 Å². The van der Waals surface area contributed by atoms with Crippen LogP contribution in [0.5, 0.6) is 5.75 Å². The van der Waals surface area contributed by atoms with Crippen molar-refractivity contribution < 1.29 is 14.3 Å². The van der Waals surface area contributed by atoms with Crippen LogP contribution in [0.2, 0.25) is 0 Å². The van der Waals surface area contributed by atoms with Crippen LogP contribution in [0.3, 0.4) is 0 Å². The van der Waals surface area contributed by atoms with Crippen LogP contribution >= 0.6 is 0 Å². The first-order valence-corrected chi connectivity index (χ1v) is 6.56. The smallest absolute Gasteiger partial charge is 0.256 e. The van der Waals surface area contributed by atoms with Crippen LogP contribution in [-0.2, 0) is 9.53 Å². The van der Waals surface area contributed by atoms with Gasteiger partial charge in [0.05, 0.1) is 7.11 Å². The molecular formula is C15H23NO3. The number of hydrogen-bond acceptors (Lipinski definition) is 3. The molecule has 0 fully saturated rings. The number of benzene rings is 1. The van der Waals surface area contributed by atoms with E-state index >= 15 is 0 Å². The van der Waals surface area contributed by atoms with E-state index < -0.39 is 5.60 Å². The topological polar surface area (TPSA) is 47.6 Å². The van der Waals surface area contributed by atoms with E-state index in [-0.39, 0.29) is 5.91 Å². The first-order valence-electron chi connectivity index (χ1n) is 6.56. The molecule has 1 N–H and O–H groups in total. The van der Waals surface area contributed by atoms with Crippen molar-refractivity contribution >= 4 is 11.6 Å². The lowest BCUT2D eigenvalue weighted by atomic mass is 9.97. The minimum atomic E-state index is -0.782. The largest absolute Gasteiger partial charge is 0.497 e. The molecule has 0 radical (unpaired) electrons. The van der Waals surface area contributed by atoms with Crippen LogP contribution in [0.4, 0.5) is 5.69 Å². The summed E-state index contributed by atoms with van der Waals surface area (Å²) in [4.78, 5) is 12.3. The summed E-state index contributed by atoms with van der Waals surface area (Å²) in [7, 11) is 3.18. The van der Waals surface area contributed by atoms with E-state index in [0.717, 1.165) is 24.3 Å². The maximum Gasteiger partial charge on any atom is 0.256 e. The minimum absolute atomic E-state index is 0.117. The molecule has 1 atom stereocenters. The summed E-state index contributed by atoms with van der Waals surface area (Å²) in [5, 5.41) is 2.87. The van der Waals surface area contributed by atoms with Crippen molar-refractivity contribution in [1.82, 2.24) is 0 Å². The molecule has 19 heavy (non-hydrogen) atoms. The van der Waals surface area contributed by atoms with E-state index in [1.165, 1.54) is 0 Å². The quantitative estimate of drug-likeness (QED) is 0.823. The Kier molecular flexibility index (Phi) is 5.83. The normalized spacial score (nSPS) is 13.7. The summed E-state index contributed by atoms with van der Waals surface area (Å²) in [5.74, 6) is 0.645. The molecule has 106 valence electrons. The molecule has 0 bridgehead atoms. The van der Waals surface area contributed by atoms with Crippen molar-refractivity contribution in [2.75, 3.05) is 19.5 Å². The van der Waals surface area contributed by atoms with E-state index in [1.54, 1.807) is 14.2 Å². The number of carbonyl (C=O) groups excluding carboxylic acids is 1. The molecule has 0 aliphatic carbocycles. The fourth-order valence-corrected chi connectivity index (χ4v) is 1.76. The van der Waals surface area contributed by atoms with Gasteiger partial charge in [-0.3, -0.25) is 4.79 Å². The second-order valence-corrected chi connectivity index (χ2v) is 4.72. The monoisotopic (exact) mass is 265 g/mol. The fourth-order valence-electron chi connectivity index (χ4n) is 1.76. The summed E-state index contributed by atoms with van der Waals surface area (Å²) >= 11 is 0. The maximum atomic E-state index is 12.3. The number of rotatable bonds is 7. The van der Waals surface area contributed by atoms with Gasteiger partial charge >= 0.3 is 0 Å². The number of methoxy groups -OCH3 is 2. The molecule has 1 amide bonds. The molecule has 1 aromatic carbocycles. The van der Waals surface area contributed by atoms with Gasteiger partial charge in [0.2, 0.25) is 0 Å². The van der Waals surface area contributed by atoms with Gasteiger partial charge in [-0.25, -0.2) is 0 Å². The van der Waals surface area contributed by atoms with Crippen molar-refractivity contribution in [3.63, 3.8) is 0 Å². The number of unbranched alkanes of at least 4 members (excludes halogenated alkanes) is 1. The van der Waals surface area contributed by atoms with Gasteiger partial charge in [-0.1, -0.05) is 19.8 Å². The predicted octanol–water partition coefficient (Wildman–Crippen LogP) is 3.23. The lowest BCUT2D eigenvalue weighted by Crippen LogP contribution is -2.41. The Bertz CT molecular complexity index is 402. The molecular weight excluding hydrogens is 242 g/mol. The molecule has 0 saturated heterocycles. The fraction of sp³-hybridized carbons (Fsp3) is 0.533. The zero-order chi connectivity index (χ0) is 14.3. The lowest BCUT2D eigenvalue weighted by Gasteiger charge is -2.26. The van der Waals surface area contributed by atoms with Crippen molar-refractivity contribution in [1.29, 1.82) is 0 Å². The number of anilines is 1. The Morgan fingerprint density at radius 2 is 1.89 bits per heavy atom. The molecule has 0 aliphatic heterocycles. The van der Waals surface area contributed by atoms with Gasteiger partial charge in [0, 0.05) is 12.8 Å². The van der Waals surface area contributed by atoms with E-state index in [1.807, 2.05) is 31.2 Å². The number of ether oxygens (including phenoxy) is 2. The van der Waals surface area contributed by atoms with Gasteiger partial charge in [0.15, 0.2) is 0 Å². The lowest BCUT2D eigenvalue weighted by molar-refractivity contribution is -0.136. The summed E-state index contributed by atoms with van der Waals surface area (Å²) < 4.78 is 10.5. The van der Waals surface area contributed by atoms with Crippen LogP contribution in [0.25, 0.3) is 0 Å². The van der Waals surface area contributed by atoms with Gasteiger partial charge in [-0.15, -0.1) is 0 Å². The highest BCUT2D eigenvalue weighted by atomic mass is 16.5. The third-order valence-electron chi connectivity index (χ3n) is 3.29. The molecule has 0 unspecified atom stereocenters. The predicted molar refractivity (Wildman–Crippen MR) is 76.6 cm³/mol. The standard InChI is InChI=1S/C15H23NO3/c1-5-6-11-15(2,19-4)14(17)16-12-7-9-13(18-3)10-8-12/h7-10H,5-6,11H2,1-4H3,(H,16,17)/t15-/m0/s1. The van der Waals surface area contributed by atoms with E-state index in [2.05, 4.69) is 12.2 Å². The van der Waals surface area contributed by atoms with Gasteiger partial charge in [-0.05, 0) is 37.6 Å². The van der Waals surface area contributed by atoms with Crippen LogP contribution in [0, 0.1) is 0 Å². The first-order chi connectivity index (χ1) is 9.05. The molecule has 0 heterocycles. The summed E-state index contributed by atoms with van der Waals surface area (Å²) in [6.07, 6.45) is 2.71. The Hall–Kier alpha value is -1.55. The average Bonchev–Trinajstić information content (AvgIpc) is 2.45. The van der Waals surface area contributed by atoms with Crippen LogP contribution < -0.4 is 10.1 Å². The van der Waals surface area contributed by atoms with Crippen molar-refractivity contribution in [2.24, 2.45) is 0 Å². The van der Waals surface area contributed by atoms with Crippen LogP contribution in [0.15, 0.2) is 24.3 Å². The van der Waals surface area contributed by atoms with Gasteiger partial charge < -0.3 is 14.8 Å². The summed E-state index contributed by atoms with van der Waals surface area (Å²) in [6, 6.07) is 7.25. The number of carbonyl (C=O) groups is 1. The maximum absolute atomic E-state index is 12.3. The molecule has 4 heteroatoms. The third-order valence-corrected chi connectivity index (χ3v) is 3.29. The van der Waals surface area contributed by atoms with E-state index in [0.29, 0.717) is 6.42 Å². The van der Waals surface area contributed by atoms with Crippen LogP contribution in [0.1, 0.15) is 33.1 Å². The zero-order valence-corrected chi connectivity index (χ0v) is 12.2. The van der Waals surface area contributed by atoms with E-state index in [9.17, 15) is 4.79 Å². The Labute approximate surface area is 115 Å². The average molecular weight is 265 g/mol. The molecule has 0 spiro atoms. The molecule has 0 saturated carbocycles. The van der Waals surface area contributed by atoms with Crippen molar-refractivity contribution in [2.45, 2.75) is 38.7 Å². The SMILES string of the molecule is CCCC[C@](C)(OC)C(=O)Nc1ccc(OC)cc1. The number of amides is 1. The van der Waals surface area contributed by atoms with Crippen molar-refractivity contribution in [3.8, 4) is 5.75 Å². The zero-order valence-electron chi connectivity index (χ0n) is 12.2. The molecule has 0 aliphatic rings. The van der Waals surface area contributed by atoms with Gasteiger partial charge in [-0.2, -0.15) is 0 Å². The van der Waals surface area contributed by atoms with E-state index in [4.69, 9.17) is 9.47 Å². The Morgan fingerprint density at radius 3 is 2.37 bits per heavy atom. The third kappa shape index (κ3) is 4.24. The number of nitrogens with one attached hydrogen (secondary N) is 1. The molecule has 1 aromatic rings. The first kappa shape index (κ1) is 15.5. The Balaban J connectivity index is 2.70. The highest BCUT2D eigenvalue weighted by molar-refractivity contribution is 5.97. The highest BCUT2D eigenvalue weighted by Crippen LogP contribution is 2.22. The molecule has 4 nitrogen and oxygen atoms in total. The Morgan fingerprint density at radius 1 is 1.26 bits per heavy atom. The van der Waals surface area contributed by atoms with Crippen LogP contribution in [-0.4, -0.2) is 25.7 Å². The molecule has 0 aromatic heterocycles. The molecule has 1 rings (SSSR count).